The maximum Gasteiger partial charge on any atom is 0.242 e. The Morgan fingerprint density at radius 3 is 2.22 bits per heavy atom. The Bertz CT molecular complexity index is 1110. The number of nitrogens with zero attached hydrogens (tertiary/aromatic N) is 2. The van der Waals surface area contributed by atoms with E-state index in [1.54, 1.807) is 24.1 Å². The highest BCUT2D eigenvalue weighted by atomic mass is 32.2. The van der Waals surface area contributed by atoms with E-state index in [-0.39, 0.29) is 37.7 Å². The number of methoxy groups -OCH3 is 1. The summed E-state index contributed by atoms with van der Waals surface area (Å²) in [7, 11) is -2.07. The van der Waals surface area contributed by atoms with Gasteiger partial charge >= 0.3 is 0 Å². The molecular weight excluding hydrogens is 497 g/mol. The number of benzene rings is 2. The monoisotopic (exact) mass is 535 g/mol. The van der Waals surface area contributed by atoms with Gasteiger partial charge in [0.1, 0.15) is 17.6 Å². The van der Waals surface area contributed by atoms with Gasteiger partial charge in [-0.15, -0.1) is 0 Å². The lowest BCUT2D eigenvalue weighted by atomic mass is 10.1. The zero-order chi connectivity index (χ0) is 27.4. The second-order valence-corrected chi connectivity index (χ2v) is 10.8. The molecule has 0 aliphatic heterocycles. The van der Waals surface area contributed by atoms with Crippen molar-refractivity contribution < 1.29 is 27.1 Å². The highest BCUT2D eigenvalue weighted by Gasteiger charge is 2.28. The second-order valence-electron chi connectivity index (χ2n) is 8.85. The van der Waals surface area contributed by atoms with Crippen LogP contribution in [0.15, 0.2) is 48.5 Å². The number of carbonyl (C=O) groups excluding carboxylic acids is 2. The van der Waals surface area contributed by atoms with Crippen molar-refractivity contribution >= 4 is 27.5 Å². The number of carbonyl (C=O) groups is 2. The molecular formula is C27H38FN3O5S. The van der Waals surface area contributed by atoms with Crippen molar-refractivity contribution in [3.8, 4) is 5.75 Å². The molecule has 0 heterocycles. The molecule has 0 saturated heterocycles. The first-order valence-corrected chi connectivity index (χ1v) is 14.4. The fourth-order valence-electron chi connectivity index (χ4n) is 3.96. The van der Waals surface area contributed by atoms with Gasteiger partial charge in [0, 0.05) is 26.1 Å². The van der Waals surface area contributed by atoms with Gasteiger partial charge in [-0.3, -0.25) is 13.9 Å². The lowest BCUT2D eigenvalue weighted by molar-refractivity contribution is -0.141. The maximum atomic E-state index is 13.4. The SMILES string of the molecule is CCCCNC(=O)[C@@H](CC)N(Cc1ccc(OC)cc1)C(=O)CCCN(c1ccc(F)cc1)S(C)(=O)=O. The molecule has 8 nitrogen and oxygen atoms in total. The summed E-state index contributed by atoms with van der Waals surface area (Å²) in [6, 6.07) is 11.8. The summed E-state index contributed by atoms with van der Waals surface area (Å²) in [5.74, 6) is -0.236. The van der Waals surface area contributed by atoms with Gasteiger partial charge in [-0.2, -0.15) is 0 Å². The van der Waals surface area contributed by atoms with Gasteiger partial charge < -0.3 is 15.0 Å². The summed E-state index contributed by atoms with van der Waals surface area (Å²) in [4.78, 5) is 28.0. The molecule has 37 heavy (non-hydrogen) atoms. The van der Waals surface area contributed by atoms with Crippen molar-refractivity contribution in [3.05, 3.63) is 59.9 Å². The average molecular weight is 536 g/mol. The molecule has 0 aromatic heterocycles. The number of halogens is 1. The number of amides is 2. The zero-order valence-electron chi connectivity index (χ0n) is 22.1. The van der Waals surface area contributed by atoms with E-state index in [1.165, 1.54) is 24.3 Å². The molecule has 1 N–H and O–H groups in total. The van der Waals surface area contributed by atoms with Crippen LogP contribution in [0.4, 0.5) is 10.1 Å². The third-order valence-electron chi connectivity index (χ3n) is 5.99. The third kappa shape index (κ3) is 9.35. The van der Waals surface area contributed by atoms with Crippen molar-refractivity contribution in [1.82, 2.24) is 10.2 Å². The molecule has 2 aromatic rings. The van der Waals surface area contributed by atoms with Gasteiger partial charge in [0.2, 0.25) is 21.8 Å². The summed E-state index contributed by atoms with van der Waals surface area (Å²) >= 11 is 0. The van der Waals surface area contributed by atoms with E-state index in [0.29, 0.717) is 24.4 Å². The second kappa shape index (κ2) is 14.6. The van der Waals surface area contributed by atoms with Gasteiger partial charge in [0.05, 0.1) is 19.1 Å². The lowest BCUT2D eigenvalue weighted by Crippen LogP contribution is -2.49. The summed E-state index contributed by atoms with van der Waals surface area (Å²) in [6.45, 7) is 4.72. The molecule has 2 amide bonds. The van der Waals surface area contributed by atoms with E-state index in [1.807, 2.05) is 26.0 Å². The van der Waals surface area contributed by atoms with E-state index in [0.717, 1.165) is 29.0 Å². The molecule has 0 bridgehead atoms. The van der Waals surface area contributed by atoms with Crippen molar-refractivity contribution in [1.29, 1.82) is 0 Å². The van der Waals surface area contributed by atoms with Crippen molar-refractivity contribution in [2.45, 2.75) is 58.5 Å². The Morgan fingerprint density at radius 2 is 1.68 bits per heavy atom. The van der Waals surface area contributed by atoms with Crippen molar-refractivity contribution in [2.24, 2.45) is 0 Å². The molecule has 0 radical (unpaired) electrons. The Labute approximate surface area is 219 Å². The number of anilines is 1. The summed E-state index contributed by atoms with van der Waals surface area (Å²) in [5, 5.41) is 2.92. The molecule has 1 atom stereocenters. The molecule has 0 aliphatic rings. The molecule has 2 aromatic carbocycles. The predicted molar refractivity (Wildman–Crippen MR) is 143 cm³/mol. The molecule has 204 valence electrons. The molecule has 0 unspecified atom stereocenters. The third-order valence-corrected chi connectivity index (χ3v) is 7.19. The highest BCUT2D eigenvalue weighted by Crippen LogP contribution is 2.21. The number of hydrogen-bond acceptors (Lipinski definition) is 5. The summed E-state index contributed by atoms with van der Waals surface area (Å²) in [6.07, 6.45) is 3.57. The number of unbranched alkanes of at least 4 members (excludes halogenated alkanes) is 1. The highest BCUT2D eigenvalue weighted by molar-refractivity contribution is 7.92. The average Bonchev–Trinajstić information content (AvgIpc) is 2.87. The first-order valence-electron chi connectivity index (χ1n) is 12.5. The summed E-state index contributed by atoms with van der Waals surface area (Å²) < 4.78 is 44.4. The molecule has 0 spiro atoms. The minimum absolute atomic E-state index is 0.0438. The Hall–Kier alpha value is -3.14. The van der Waals surface area contributed by atoms with Gasteiger partial charge in [-0.05, 0) is 61.2 Å². The topological polar surface area (TPSA) is 96.0 Å². The first kappa shape index (κ1) is 30.1. The predicted octanol–water partition coefficient (Wildman–Crippen LogP) is 4.10. The number of sulfonamides is 1. The number of ether oxygens (including phenoxy) is 1. The molecule has 10 heteroatoms. The minimum Gasteiger partial charge on any atom is -0.497 e. The van der Waals surface area contributed by atoms with E-state index in [9.17, 15) is 22.4 Å². The maximum absolute atomic E-state index is 13.4. The summed E-state index contributed by atoms with van der Waals surface area (Å²) in [5.41, 5.74) is 1.17. The van der Waals surface area contributed by atoms with E-state index >= 15 is 0 Å². The van der Waals surface area contributed by atoms with Crippen LogP contribution in [0.2, 0.25) is 0 Å². The number of nitrogens with one attached hydrogen (secondary N) is 1. The zero-order valence-corrected chi connectivity index (χ0v) is 22.9. The fraction of sp³-hybridized carbons (Fsp3) is 0.481. The van der Waals surface area contributed by atoms with E-state index < -0.39 is 21.9 Å². The fourth-order valence-corrected chi connectivity index (χ4v) is 4.93. The normalized spacial score (nSPS) is 12.0. The Balaban J connectivity index is 2.19. The minimum atomic E-state index is -3.64. The van der Waals surface area contributed by atoms with E-state index in [4.69, 9.17) is 4.74 Å². The van der Waals surface area contributed by atoms with Gasteiger partial charge in [-0.1, -0.05) is 32.4 Å². The number of hydrogen-bond donors (Lipinski definition) is 1. The van der Waals surface area contributed by atoms with Gasteiger partial charge in [0.15, 0.2) is 0 Å². The Kier molecular flexibility index (Phi) is 11.8. The first-order chi connectivity index (χ1) is 17.6. The van der Waals surface area contributed by atoms with E-state index in [2.05, 4.69) is 5.32 Å². The van der Waals surface area contributed by atoms with Crippen LogP contribution in [0, 0.1) is 5.82 Å². The quantitative estimate of drug-likeness (QED) is 0.347. The lowest BCUT2D eigenvalue weighted by Gasteiger charge is -2.31. The van der Waals surface area contributed by atoms with Crippen LogP contribution >= 0.6 is 0 Å². The van der Waals surface area contributed by atoms with Crippen LogP contribution in [0.1, 0.15) is 51.5 Å². The van der Waals surface area contributed by atoms with Gasteiger partial charge in [0.25, 0.3) is 0 Å². The van der Waals surface area contributed by atoms with Crippen LogP contribution < -0.4 is 14.4 Å². The number of rotatable bonds is 15. The van der Waals surface area contributed by atoms with Crippen LogP contribution in [-0.2, 0) is 26.2 Å². The molecule has 0 saturated carbocycles. The molecule has 2 rings (SSSR count). The van der Waals surface area contributed by atoms with Crippen LogP contribution in [0.25, 0.3) is 0 Å². The van der Waals surface area contributed by atoms with Crippen LogP contribution in [-0.4, -0.2) is 57.6 Å². The van der Waals surface area contributed by atoms with Crippen molar-refractivity contribution in [3.63, 3.8) is 0 Å². The van der Waals surface area contributed by atoms with Gasteiger partial charge in [-0.25, -0.2) is 12.8 Å². The van der Waals surface area contributed by atoms with Crippen LogP contribution in [0.5, 0.6) is 5.75 Å². The molecule has 0 aliphatic carbocycles. The smallest absolute Gasteiger partial charge is 0.242 e. The largest absolute Gasteiger partial charge is 0.497 e. The van der Waals surface area contributed by atoms with Crippen molar-refractivity contribution in [2.75, 3.05) is 30.8 Å². The Morgan fingerprint density at radius 1 is 1.03 bits per heavy atom. The van der Waals surface area contributed by atoms with Crippen LogP contribution in [0.3, 0.4) is 0 Å². The molecule has 0 fully saturated rings. The standard InChI is InChI=1S/C27H38FN3O5S/c1-5-7-18-29-27(33)25(6-2)30(20-21-10-16-24(36-3)17-11-21)26(32)9-8-19-31(37(4,34)35)23-14-12-22(28)13-15-23/h10-17,25H,5-9,18-20H2,1-4H3,(H,29,33)/t25-/m1/s1.